The molecule has 0 saturated heterocycles. The number of halogens is 2. The number of carbonyl (C=O) groups excluding carboxylic acids is 1. The number of Topliss-reactive ketones (excluding diaryl/α,β-unsaturated/α-hetero) is 1. The van der Waals surface area contributed by atoms with Crippen molar-refractivity contribution in [2.24, 2.45) is 0 Å². The Labute approximate surface area is 129 Å². The van der Waals surface area contributed by atoms with Crippen molar-refractivity contribution in [3.05, 3.63) is 53.3 Å². The van der Waals surface area contributed by atoms with Crippen LogP contribution in [0.1, 0.15) is 15.9 Å². The summed E-state index contributed by atoms with van der Waals surface area (Å²) in [5.41, 5.74) is 0.284. The number of aromatic hydroxyl groups is 2. The smallest absolute Gasteiger partial charge is 0.387 e. The van der Waals surface area contributed by atoms with Gasteiger partial charge in [-0.15, -0.1) is 0 Å². The van der Waals surface area contributed by atoms with Gasteiger partial charge in [-0.25, -0.2) is 0 Å². The summed E-state index contributed by atoms with van der Waals surface area (Å²) in [4.78, 5) is 12.2. The summed E-state index contributed by atoms with van der Waals surface area (Å²) >= 11 is 0. The van der Waals surface area contributed by atoms with Crippen molar-refractivity contribution in [3.63, 3.8) is 0 Å². The van der Waals surface area contributed by atoms with Gasteiger partial charge in [-0.3, -0.25) is 4.79 Å². The minimum atomic E-state index is -3.01. The van der Waals surface area contributed by atoms with E-state index in [1.54, 1.807) is 6.07 Å². The highest BCUT2D eigenvalue weighted by atomic mass is 19.3. The van der Waals surface area contributed by atoms with Crippen LogP contribution >= 0.6 is 0 Å². The molecule has 0 bridgehead atoms. The van der Waals surface area contributed by atoms with E-state index in [1.165, 1.54) is 30.3 Å². The fourth-order valence-electron chi connectivity index (χ4n) is 2.17. The lowest BCUT2D eigenvalue weighted by atomic mass is 10.1. The minimum absolute atomic E-state index is 0.0683. The van der Waals surface area contributed by atoms with Gasteiger partial charge in [0, 0.05) is 5.56 Å². The predicted molar refractivity (Wildman–Crippen MR) is 75.8 cm³/mol. The number of allylic oxidation sites excluding steroid dienone is 1. The van der Waals surface area contributed by atoms with E-state index in [4.69, 9.17) is 4.74 Å². The number of rotatable bonds is 3. The van der Waals surface area contributed by atoms with E-state index in [1.807, 2.05) is 0 Å². The minimum Gasteiger partial charge on any atom is -0.504 e. The number of benzene rings is 2. The first-order chi connectivity index (χ1) is 11.0. The molecule has 2 N–H and O–H groups in total. The van der Waals surface area contributed by atoms with E-state index >= 15 is 0 Å². The molecule has 1 aliphatic heterocycles. The van der Waals surface area contributed by atoms with Crippen molar-refractivity contribution in [3.8, 4) is 23.0 Å². The number of fused-ring (bicyclic) bond motifs is 1. The number of ether oxygens (including phenoxy) is 2. The van der Waals surface area contributed by atoms with E-state index in [2.05, 4.69) is 4.74 Å². The van der Waals surface area contributed by atoms with Gasteiger partial charge in [-0.1, -0.05) is 18.2 Å². The lowest BCUT2D eigenvalue weighted by Crippen LogP contribution is -2.04. The van der Waals surface area contributed by atoms with Crippen LogP contribution in [0.25, 0.3) is 6.08 Å². The van der Waals surface area contributed by atoms with E-state index in [9.17, 15) is 23.8 Å². The maximum absolute atomic E-state index is 12.4. The van der Waals surface area contributed by atoms with Crippen LogP contribution in [0, 0.1) is 0 Å². The number of para-hydroxylation sites is 1. The van der Waals surface area contributed by atoms with Crippen molar-refractivity contribution in [2.75, 3.05) is 0 Å². The maximum Gasteiger partial charge on any atom is 0.387 e. The number of hydrogen-bond acceptors (Lipinski definition) is 5. The summed E-state index contributed by atoms with van der Waals surface area (Å²) in [5.74, 6) is -1.99. The highest BCUT2D eigenvalue weighted by Crippen LogP contribution is 2.44. The lowest BCUT2D eigenvalue weighted by Gasteiger charge is -2.08. The van der Waals surface area contributed by atoms with E-state index in [0.29, 0.717) is 0 Å². The Kier molecular flexibility index (Phi) is 3.61. The molecule has 1 aliphatic rings. The molecule has 2 aromatic carbocycles. The number of phenolic OH excluding ortho intramolecular Hbond substituents is 2. The number of hydrogen-bond donors (Lipinski definition) is 2. The van der Waals surface area contributed by atoms with Crippen LogP contribution in [-0.2, 0) is 0 Å². The molecule has 118 valence electrons. The molecule has 0 saturated carbocycles. The number of phenols is 2. The fourth-order valence-corrected chi connectivity index (χ4v) is 2.17. The van der Waals surface area contributed by atoms with Crippen LogP contribution in [-0.4, -0.2) is 22.6 Å². The topological polar surface area (TPSA) is 76.0 Å². The predicted octanol–water partition coefficient (Wildman–Crippen LogP) is 3.32. The number of ketones is 1. The zero-order chi connectivity index (χ0) is 16.6. The van der Waals surface area contributed by atoms with E-state index < -0.39 is 23.9 Å². The largest absolute Gasteiger partial charge is 0.504 e. The van der Waals surface area contributed by atoms with Crippen LogP contribution in [0.3, 0.4) is 0 Å². The zero-order valence-corrected chi connectivity index (χ0v) is 11.5. The van der Waals surface area contributed by atoms with Gasteiger partial charge in [0.2, 0.25) is 11.5 Å². The van der Waals surface area contributed by atoms with Gasteiger partial charge in [0.05, 0.1) is 5.56 Å². The normalized spacial score (nSPS) is 14.9. The SMILES string of the molecule is O=C1/C(=C/c2ccccc2OC(F)F)Oc2c1ccc(O)c2O. The van der Waals surface area contributed by atoms with Crippen molar-refractivity contribution in [1.29, 1.82) is 0 Å². The molecule has 0 aliphatic carbocycles. The molecule has 0 fully saturated rings. The quantitative estimate of drug-likeness (QED) is 0.670. The third kappa shape index (κ3) is 2.68. The summed E-state index contributed by atoms with van der Waals surface area (Å²) in [7, 11) is 0. The third-order valence-corrected chi connectivity index (χ3v) is 3.21. The Morgan fingerprint density at radius 1 is 1.13 bits per heavy atom. The van der Waals surface area contributed by atoms with Gasteiger partial charge >= 0.3 is 6.61 Å². The summed E-state index contributed by atoms with van der Waals surface area (Å²) < 4.78 is 34.4. The average Bonchev–Trinajstić information content (AvgIpc) is 2.82. The van der Waals surface area contributed by atoms with E-state index in [-0.39, 0.29) is 28.4 Å². The van der Waals surface area contributed by atoms with Gasteiger partial charge < -0.3 is 19.7 Å². The standard InChI is InChI=1S/C16H10F2O5/c17-16(18)23-11-4-2-1-3-8(11)7-12-13(20)9-5-6-10(19)14(21)15(9)22-12/h1-7,16,19,21H/b12-7-. The van der Waals surface area contributed by atoms with Crippen molar-refractivity contribution in [1.82, 2.24) is 0 Å². The molecule has 2 aromatic rings. The molecule has 0 atom stereocenters. The average molecular weight is 320 g/mol. The number of carbonyl (C=O) groups is 1. The van der Waals surface area contributed by atoms with Gasteiger partial charge in [0.15, 0.2) is 17.3 Å². The second kappa shape index (κ2) is 5.60. The van der Waals surface area contributed by atoms with Crippen LogP contribution < -0.4 is 9.47 Å². The first-order valence-corrected chi connectivity index (χ1v) is 6.50. The first-order valence-electron chi connectivity index (χ1n) is 6.50. The Morgan fingerprint density at radius 2 is 1.87 bits per heavy atom. The molecular weight excluding hydrogens is 310 g/mol. The molecular formula is C16H10F2O5. The summed E-state index contributed by atoms with van der Waals surface area (Å²) in [6, 6.07) is 8.35. The fraction of sp³-hybridized carbons (Fsp3) is 0.0625. The number of alkyl halides is 2. The molecule has 0 aromatic heterocycles. The first kappa shape index (κ1) is 14.8. The molecule has 0 spiro atoms. The van der Waals surface area contributed by atoms with Crippen LogP contribution in [0.4, 0.5) is 8.78 Å². The Bertz CT molecular complexity index is 814. The van der Waals surface area contributed by atoms with E-state index in [0.717, 1.165) is 6.07 Å². The lowest BCUT2D eigenvalue weighted by molar-refractivity contribution is -0.0499. The molecule has 3 rings (SSSR count). The Hall–Kier alpha value is -3.09. The van der Waals surface area contributed by atoms with Gasteiger partial charge in [-0.05, 0) is 24.3 Å². The monoisotopic (exact) mass is 320 g/mol. The van der Waals surface area contributed by atoms with Crippen LogP contribution in [0.15, 0.2) is 42.2 Å². The van der Waals surface area contributed by atoms with Gasteiger partial charge in [0.1, 0.15) is 5.75 Å². The molecule has 5 nitrogen and oxygen atoms in total. The van der Waals surface area contributed by atoms with Gasteiger partial charge in [-0.2, -0.15) is 8.78 Å². The Morgan fingerprint density at radius 3 is 2.61 bits per heavy atom. The van der Waals surface area contributed by atoms with Crippen molar-refractivity contribution >= 4 is 11.9 Å². The molecule has 23 heavy (non-hydrogen) atoms. The van der Waals surface area contributed by atoms with Crippen LogP contribution in [0.2, 0.25) is 0 Å². The van der Waals surface area contributed by atoms with Crippen molar-refractivity contribution < 1.29 is 33.3 Å². The summed E-state index contributed by atoms with van der Waals surface area (Å²) in [6.45, 7) is -3.01. The van der Waals surface area contributed by atoms with Crippen LogP contribution in [0.5, 0.6) is 23.0 Å². The molecule has 7 heteroatoms. The second-order valence-corrected chi connectivity index (χ2v) is 4.67. The van der Waals surface area contributed by atoms with Gasteiger partial charge in [0.25, 0.3) is 0 Å². The van der Waals surface area contributed by atoms with Crippen molar-refractivity contribution in [2.45, 2.75) is 6.61 Å². The maximum atomic E-state index is 12.4. The summed E-state index contributed by atoms with van der Waals surface area (Å²) in [5, 5.41) is 19.1. The molecule has 1 heterocycles. The zero-order valence-electron chi connectivity index (χ0n) is 11.5. The molecule has 0 amide bonds. The highest BCUT2D eigenvalue weighted by molar-refractivity contribution is 6.15. The summed E-state index contributed by atoms with van der Waals surface area (Å²) in [6.07, 6.45) is 1.23. The molecule has 0 unspecified atom stereocenters. The highest BCUT2D eigenvalue weighted by Gasteiger charge is 2.31. The second-order valence-electron chi connectivity index (χ2n) is 4.67. The Balaban J connectivity index is 2.00. The molecule has 0 radical (unpaired) electrons. The third-order valence-electron chi connectivity index (χ3n) is 3.21.